The molecule has 1 atom stereocenters. The van der Waals surface area contributed by atoms with Crippen LogP contribution in [-0.2, 0) is 25.6 Å². The number of likely N-dealkylation sites (tertiary alicyclic amines) is 1. The topological polar surface area (TPSA) is 104 Å². The molecule has 0 spiro atoms. The van der Waals surface area contributed by atoms with E-state index in [1.54, 1.807) is 12.1 Å². The first kappa shape index (κ1) is 21.2. The zero-order valence-electron chi connectivity index (χ0n) is 14.5. The van der Waals surface area contributed by atoms with Crippen molar-refractivity contribution in [1.82, 2.24) is 10.2 Å². The molecule has 2 amide bonds. The fourth-order valence-electron chi connectivity index (χ4n) is 2.83. The lowest BCUT2D eigenvalue weighted by atomic mass is 10.1. The Labute approximate surface area is 166 Å². The van der Waals surface area contributed by atoms with Crippen LogP contribution in [0.3, 0.4) is 0 Å². The molecule has 2 N–H and O–H groups in total. The van der Waals surface area contributed by atoms with Gasteiger partial charge >= 0.3 is 5.97 Å². The van der Waals surface area contributed by atoms with Crippen molar-refractivity contribution in [2.45, 2.75) is 25.7 Å². The number of halogens is 2. The van der Waals surface area contributed by atoms with E-state index >= 15 is 0 Å². The van der Waals surface area contributed by atoms with Crippen molar-refractivity contribution >= 4 is 46.8 Å². The van der Waals surface area contributed by atoms with E-state index in [1.165, 1.54) is 4.90 Å². The van der Waals surface area contributed by atoms with Crippen molar-refractivity contribution in [2.75, 3.05) is 19.6 Å². The minimum absolute atomic E-state index is 0.00406. The van der Waals surface area contributed by atoms with Gasteiger partial charge in [0.1, 0.15) is 5.92 Å². The van der Waals surface area contributed by atoms with Crippen LogP contribution in [-0.4, -0.2) is 53.2 Å². The molecule has 1 aliphatic rings. The number of nitrogens with zero attached hydrogens (tertiary/aromatic N) is 1. The molecule has 0 bridgehead atoms. The molecule has 2 rings (SSSR count). The number of amides is 2. The molecule has 27 heavy (non-hydrogen) atoms. The number of carboxylic acid groups (broad SMARTS) is 1. The highest BCUT2D eigenvalue weighted by molar-refractivity contribution is 6.42. The number of aryl methyl sites for hydroxylation is 1. The number of carbonyl (C=O) groups excluding carboxylic acids is 3. The summed E-state index contributed by atoms with van der Waals surface area (Å²) in [5.41, 5.74) is 0.982. The monoisotopic (exact) mass is 414 g/mol. The van der Waals surface area contributed by atoms with Gasteiger partial charge in [0, 0.05) is 26.1 Å². The number of carboxylic acids is 1. The minimum atomic E-state index is -1.03. The molecule has 9 heteroatoms. The zero-order chi connectivity index (χ0) is 20.0. The van der Waals surface area contributed by atoms with Gasteiger partial charge in [-0.3, -0.25) is 19.2 Å². The van der Waals surface area contributed by atoms with Gasteiger partial charge in [-0.1, -0.05) is 29.3 Å². The normalized spacial score (nSPS) is 16.7. The highest BCUT2D eigenvalue weighted by Crippen LogP contribution is 2.23. The summed E-state index contributed by atoms with van der Waals surface area (Å²) in [5, 5.41) is 12.3. The van der Waals surface area contributed by atoms with E-state index in [1.807, 2.05) is 6.07 Å². The van der Waals surface area contributed by atoms with E-state index in [9.17, 15) is 19.2 Å². The lowest BCUT2D eigenvalue weighted by Crippen LogP contribution is -2.36. The largest absolute Gasteiger partial charge is 0.481 e. The first-order valence-electron chi connectivity index (χ1n) is 8.56. The van der Waals surface area contributed by atoms with Crippen molar-refractivity contribution in [3.8, 4) is 0 Å². The molecule has 0 saturated carbocycles. The summed E-state index contributed by atoms with van der Waals surface area (Å²) in [6.07, 6.45) is 1.47. The molecule has 1 fully saturated rings. The first-order chi connectivity index (χ1) is 12.8. The summed E-state index contributed by atoms with van der Waals surface area (Å²) in [4.78, 5) is 47.8. The predicted octanol–water partition coefficient (Wildman–Crippen LogP) is 1.93. The van der Waals surface area contributed by atoms with Gasteiger partial charge in [-0.2, -0.15) is 0 Å². The second-order valence-corrected chi connectivity index (χ2v) is 7.12. The number of aliphatic carboxylic acids is 1. The maximum atomic E-state index is 12.2. The molecule has 146 valence electrons. The van der Waals surface area contributed by atoms with Crippen molar-refractivity contribution in [2.24, 2.45) is 5.92 Å². The minimum Gasteiger partial charge on any atom is -0.481 e. The van der Waals surface area contributed by atoms with Crippen LogP contribution in [0, 0.1) is 5.92 Å². The summed E-state index contributed by atoms with van der Waals surface area (Å²) >= 11 is 11.8. The molecule has 0 radical (unpaired) electrons. The van der Waals surface area contributed by atoms with Crippen molar-refractivity contribution in [1.29, 1.82) is 0 Å². The average Bonchev–Trinajstić information content (AvgIpc) is 2.90. The molecular weight excluding hydrogens is 395 g/mol. The smallest absolute Gasteiger partial charge is 0.303 e. The highest BCUT2D eigenvalue weighted by Gasteiger charge is 2.42. The Morgan fingerprint density at radius 2 is 1.93 bits per heavy atom. The number of ketones is 1. The fraction of sp³-hybridized carbons (Fsp3) is 0.444. The third-order valence-electron chi connectivity index (χ3n) is 4.28. The number of carbonyl (C=O) groups is 4. The third-order valence-corrected chi connectivity index (χ3v) is 5.02. The van der Waals surface area contributed by atoms with Crippen molar-refractivity contribution in [3.05, 3.63) is 33.8 Å². The van der Waals surface area contributed by atoms with E-state index in [-0.39, 0.29) is 25.9 Å². The molecule has 0 aromatic heterocycles. The van der Waals surface area contributed by atoms with E-state index in [2.05, 4.69) is 5.32 Å². The number of Topliss-reactive ketones (excluding diaryl/α,β-unsaturated/α-hetero) is 1. The summed E-state index contributed by atoms with van der Waals surface area (Å²) in [6, 6.07) is 5.32. The number of nitrogens with one attached hydrogen (secondary N) is 1. The summed E-state index contributed by atoms with van der Waals surface area (Å²) in [6.45, 7) is 0.504. The Hall–Kier alpha value is -2.12. The zero-order valence-corrected chi connectivity index (χ0v) is 16.1. The number of rotatable bonds is 9. The highest BCUT2D eigenvalue weighted by atomic mass is 35.5. The maximum Gasteiger partial charge on any atom is 0.303 e. The SMILES string of the molecule is O=C(O)CCCN1CC(C(=O)NCCCc2ccc(Cl)c(Cl)c2)C(=O)C1=O. The molecule has 1 saturated heterocycles. The Kier molecular flexibility index (Phi) is 7.62. The maximum absolute atomic E-state index is 12.2. The first-order valence-corrected chi connectivity index (χ1v) is 9.31. The fourth-order valence-corrected chi connectivity index (χ4v) is 3.15. The van der Waals surface area contributed by atoms with Gasteiger partial charge < -0.3 is 15.3 Å². The van der Waals surface area contributed by atoms with Gasteiger partial charge in [-0.15, -0.1) is 0 Å². The van der Waals surface area contributed by atoms with E-state index in [0.717, 1.165) is 5.56 Å². The number of hydrogen-bond donors (Lipinski definition) is 2. The standard InChI is InChI=1S/C18H20Cl2N2O5/c19-13-6-5-11(9-14(13)20)3-1-7-21-17(26)12-10-22(18(27)16(12)25)8-2-4-15(23)24/h5-6,9,12H,1-4,7-8,10H2,(H,21,26)(H,23,24). The van der Waals surface area contributed by atoms with E-state index in [0.29, 0.717) is 29.4 Å². The molecular formula is C18H20Cl2N2O5. The predicted molar refractivity (Wildman–Crippen MR) is 99.7 cm³/mol. The van der Waals surface area contributed by atoms with E-state index in [4.69, 9.17) is 28.3 Å². The van der Waals surface area contributed by atoms with Crippen LogP contribution < -0.4 is 5.32 Å². The molecule has 1 aliphatic heterocycles. The summed E-state index contributed by atoms with van der Waals surface area (Å²) in [5.74, 6) is -3.96. The van der Waals surface area contributed by atoms with Crippen molar-refractivity contribution < 1.29 is 24.3 Å². The molecule has 1 heterocycles. The van der Waals surface area contributed by atoms with Crippen LogP contribution in [0.15, 0.2) is 18.2 Å². The van der Waals surface area contributed by atoms with Gasteiger partial charge in [0.15, 0.2) is 0 Å². The quantitative estimate of drug-likeness (QED) is 0.365. The van der Waals surface area contributed by atoms with E-state index < -0.39 is 29.5 Å². The Balaban J connectivity index is 1.76. The molecule has 7 nitrogen and oxygen atoms in total. The van der Waals surface area contributed by atoms with Gasteiger partial charge in [0.05, 0.1) is 10.0 Å². The van der Waals surface area contributed by atoms with Crippen LogP contribution in [0.2, 0.25) is 10.0 Å². The molecule has 1 aromatic carbocycles. The summed E-state index contributed by atoms with van der Waals surface area (Å²) in [7, 11) is 0. The number of hydrogen-bond acceptors (Lipinski definition) is 4. The lowest BCUT2D eigenvalue weighted by Gasteiger charge is -2.14. The van der Waals surface area contributed by atoms with Crippen LogP contribution in [0.5, 0.6) is 0 Å². The third kappa shape index (κ3) is 5.94. The molecule has 1 aromatic rings. The molecule has 1 unspecified atom stereocenters. The second-order valence-electron chi connectivity index (χ2n) is 6.31. The van der Waals surface area contributed by atoms with Crippen LogP contribution in [0.1, 0.15) is 24.8 Å². The van der Waals surface area contributed by atoms with Gasteiger partial charge in [0.2, 0.25) is 11.7 Å². The Morgan fingerprint density at radius 3 is 2.59 bits per heavy atom. The van der Waals surface area contributed by atoms with Crippen molar-refractivity contribution in [3.63, 3.8) is 0 Å². The Bertz CT molecular complexity index is 753. The Morgan fingerprint density at radius 1 is 1.19 bits per heavy atom. The molecule has 0 aliphatic carbocycles. The summed E-state index contributed by atoms with van der Waals surface area (Å²) < 4.78 is 0. The second kappa shape index (κ2) is 9.71. The van der Waals surface area contributed by atoms with Gasteiger partial charge in [-0.25, -0.2) is 0 Å². The van der Waals surface area contributed by atoms with Crippen LogP contribution in [0.25, 0.3) is 0 Å². The van der Waals surface area contributed by atoms with Gasteiger partial charge in [-0.05, 0) is 37.0 Å². The lowest BCUT2D eigenvalue weighted by molar-refractivity contribution is -0.142. The van der Waals surface area contributed by atoms with Gasteiger partial charge in [0.25, 0.3) is 5.91 Å². The average molecular weight is 415 g/mol. The number of benzene rings is 1. The van der Waals surface area contributed by atoms with Crippen LogP contribution in [0.4, 0.5) is 0 Å². The van der Waals surface area contributed by atoms with Crippen LogP contribution >= 0.6 is 23.2 Å².